The highest BCUT2D eigenvalue weighted by atomic mass is 32.2. The first kappa shape index (κ1) is 16.6. The van der Waals surface area contributed by atoms with Crippen molar-refractivity contribution in [2.24, 2.45) is 0 Å². The summed E-state index contributed by atoms with van der Waals surface area (Å²) < 4.78 is 3.38. The van der Waals surface area contributed by atoms with Gasteiger partial charge in [-0.05, 0) is 26.8 Å². The van der Waals surface area contributed by atoms with E-state index in [2.05, 4.69) is 38.3 Å². The fourth-order valence-electron chi connectivity index (χ4n) is 0.585. The van der Waals surface area contributed by atoms with Crippen LogP contribution < -0.4 is 4.40 Å². The van der Waals surface area contributed by atoms with Gasteiger partial charge in [-0.25, -0.2) is 0 Å². The number of hydrogen-bond acceptors (Lipinski definition) is 2. The molecule has 0 fully saturated rings. The minimum Gasteiger partial charge on any atom is -0.400 e. The highest BCUT2D eigenvalue weighted by Gasteiger charge is 2.14. The van der Waals surface area contributed by atoms with Crippen LogP contribution >= 0.6 is 11.9 Å². The molecule has 2 nitrogen and oxygen atoms in total. The minimum atomic E-state index is 0.219. The summed E-state index contributed by atoms with van der Waals surface area (Å²) >= 11 is 1.67. The van der Waals surface area contributed by atoms with Crippen LogP contribution in [0.3, 0.4) is 0 Å². The lowest BCUT2D eigenvalue weighted by molar-refractivity contribution is -0.238. The van der Waals surface area contributed by atoms with Gasteiger partial charge in [0.2, 0.25) is 0 Å². The van der Waals surface area contributed by atoms with Gasteiger partial charge in [-0.15, -0.1) is 0 Å². The molecule has 2 N–H and O–H groups in total. The molecule has 0 rings (SSSR count). The molecule has 0 aliphatic rings. The Bertz CT molecular complexity index is 236. The first-order valence-corrected chi connectivity index (χ1v) is 5.48. The summed E-state index contributed by atoms with van der Waals surface area (Å²) in [5.74, 6) is 0. The van der Waals surface area contributed by atoms with Crippen LogP contribution in [0.4, 0.5) is 0 Å². The van der Waals surface area contributed by atoms with Gasteiger partial charge in [0.05, 0.1) is 4.75 Å². The lowest BCUT2D eigenvalue weighted by atomic mass is 10.3. The molecule has 0 atom stereocenters. The first-order valence-electron chi connectivity index (χ1n) is 4.66. The van der Waals surface area contributed by atoms with E-state index in [1.54, 1.807) is 24.1 Å². The second-order valence-electron chi connectivity index (χ2n) is 3.58. The van der Waals surface area contributed by atoms with Crippen LogP contribution in [0, 0.1) is 0 Å². The monoisotopic (exact) mass is 228 g/mol. The molecule has 0 saturated carbocycles. The fourth-order valence-corrected chi connectivity index (χ4v) is 1.13. The normalized spacial score (nSPS) is 11.9. The summed E-state index contributed by atoms with van der Waals surface area (Å²) in [5, 5.41) is 7.00. The maximum absolute atomic E-state index is 7.00. The Morgan fingerprint density at radius 3 is 2.13 bits per heavy atom. The smallest absolute Gasteiger partial charge is 0.182 e. The van der Waals surface area contributed by atoms with E-state index in [1.165, 1.54) is 0 Å². The third-order valence-corrected chi connectivity index (χ3v) is 1.98. The molecule has 0 aliphatic carbocycles. The van der Waals surface area contributed by atoms with Crippen molar-refractivity contribution in [1.29, 1.82) is 0 Å². The van der Waals surface area contributed by atoms with Crippen molar-refractivity contribution in [1.82, 2.24) is 0 Å². The molecule has 3 heteroatoms. The maximum Gasteiger partial charge on any atom is 0.182 e. The number of aliphatic hydroxyl groups is 1. The Kier molecular flexibility index (Phi) is 10.8. The average Bonchev–Trinajstić information content (AvgIpc) is 2.18. The van der Waals surface area contributed by atoms with Crippen molar-refractivity contribution in [3.63, 3.8) is 0 Å². The molecule has 0 aromatic heterocycles. The van der Waals surface area contributed by atoms with Crippen molar-refractivity contribution in [2.75, 3.05) is 7.11 Å². The lowest BCUT2D eigenvalue weighted by Crippen LogP contribution is -2.61. The zero-order chi connectivity index (χ0) is 12.3. The van der Waals surface area contributed by atoms with E-state index in [0.717, 1.165) is 12.7 Å². The highest BCUT2D eigenvalue weighted by molar-refractivity contribution is 7.94. The molecule has 0 unspecified atom stereocenters. The van der Waals surface area contributed by atoms with E-state index >= 15 is 0 Å². The summed E-state index contributed by atoms with van der Waals surface area (Å²) in [6.45, 7) is 13.8. The van der Waals surface area contributed by atoms with Crippen LogP contribution in [0.15, 0.2) is 37.0 Å². The fraction of sp³-hybridized carbons (Fsp3) is 0.417. The number of rotatable bonds is 4. The summed E-state index contributed by atoms with van der Waals surface area (Å²) in [6, 6.07) is 0. The van der Waals surface area contributed by atoms with Gasteiger partial charge in [-0.3, -0.25) is 0 Å². The van der Waals surface area contributed by atoms with Crippen LogP contribution in [-0.2, 0) is 0 Å². The zero-order valence-corrected chi connectivity index (χ0v) is 10.9. The Morgan fingerprint density at radius 2 is 1.80 bits per heavy atom. The second kappa shape index (κ2) is 9.74. The van der Waals surface area contributed by atoms with Crippen LogP contribution in [0.2, 0.25) is 0 Å². The standard InChI is InChI=1S/C11H17NS.CH4O/c1-6-8-10(7-2)9-12-13-11(3,4)5;1-2/h6-9H,1-2H2,3-5H3;2H,1H3/p+1/b10-8+,12-9+;. The van der Waals surface area contributed by atoms with Crippen LogP contribution in [0.25, 0.3) is 0 Å². The molecule has 0 spiro atoms. The summed E-state index contributed by atoms with van der Waals surface area (Å²) in [6.07, 6.45) is 7.36. The minimum absolute atomic E-state index is 0.219. The SMILES string of the molecule is C=C/C=C(C=C)/C=[NH+]/SC(C)(C)C.CO. The van der Waals surface area contributed by atoms with E-state index in [4.69, 9.17) is 5.11 Å². The van der Waals surface area contributed by atoms with E-state index in [0.29, 0.717) is 0 Å². The Balaban J connectivity index is 0. The van der Waals surface area contributed by atoms with E-state index in [9.17, 15) is 0 Å². The third-order valence-electron chi connectivity index (χ3n) is 1.14. The summed E-state index contributed by atoms with van der Waals surface area (Å²) in [4.78, 5) is 0. The zero-order valence-electron chi connectivity index (χ0n) is 10.1. The first-order chi connectivity index (χ1) is 6.99. The molecule has 0 aromatic rings. The highest BCUT2D eigenvalue weighted by Crippen LogP contribution is 2.13. The van der Waals surface area contributed by atoms with Gasteiger partial charge in [0.1, 0.15) is 0 Å². The van der Waals surface area contributed by atoms with Crippen molar-refractivity contribution >= 4 is 18.2 Å². The number of hydrogen-bond donors (Lipinski definition) is 2. The largest absolute Gasteiger partial charge is 0.400 e. The molecule has 0 aromatic carbocycles. The number of aliphatic hydroxyl groups excluding tert-OH is 1. The number of allylic oxidation sites excluding steroid dienone is 4. The lowest BCUT2D eigenvalue weighted by Gasteiger charge is -2.06. The Morgan fingerprint density at radius 1 is 1.27 bits per heavy atom. The van der Waals surface area contributed by atoms with Gasteiger partial charge >= 0.3 is 0 Å². The molecule has 0 heterocycles. The summed E-state index contributed by atoms with van der Waals surface area (Å²) in [7, 11) is 1.00. The molecule has 0 amide bonds. The molecule has 0 aliphatic heterocycles. The molecule has 15 heavy (non-hydrogen) atoms. The van der Waals surface area contributed by atoms with Gasteiger partial charge in [0.25, 0.3) is 0 Å². The Labute approximate surface area is 97.6 Å². The molecular weight excluding hydrogens is 206 g/mol. The molecule has 86 valence electrons. The Hall–Kier alpha value is -0.800. The topological polar surface area (TPSA) is 34.2 Å². The van der Waals surface area contributed by atoms with Gasteiger partial charge in [0, 0.05) is 12.7 Å². The van der Waals surface area contributed by atoms with Gasteiger partial charge in [-0.2, -0.15) is 4.40 Å². The van der Waals surface area contributed by atoms with Gasteiger partial charge in [0.15, 0.2) is 18.2 Å². The number of nitrogens with one attached hydrogen (secondary N) is 1. The van der Waals surface area contributed by atoms with Gasteiger partial charge < -0.3 is 5.11 Å². The van der Waals surface area contributed by atoms with Crippen molar-refractivity contribution < 1.29 is 9.50 Å². The molecule has 0 bridgehead atoms. The van der Waals surface area contributed by atoms with Crippen LogP contribution in [-0.4, -0.2) is 23.2 Å². The predicted molar refractivity (Wildman–Crippen MR) is 71.0 cm³/mol. The molecular formula is C12H22NOS+. The predicted octanol–water partition coefficient (Wildman–Crippen LogP) is 1.49. The van der Waals surface area contributed by atoms with Crippen LogP contribution in [0.5, 0.6) is 0 Å². The van der Waals surface area contributed by atoms with Crippen molar-refractivity contribution in [3.05, 3.63) is 37.0 Å². The second-order valence-corrected chi connectivity index (χ2v) is 5.25. The van der Waals surface area contributed by atoms with E-state index in [1.807, 2.05) is 12.3 Å². The summed E-state index contributed by atoms with van der Waals surface area (Å²) in [5.41, 5.74) is 1.03. The maximum atomic E-state index is 7.00. The van der Waals surface area contributed by atoms with Crippen molar-refractivity contribution in [2.45, 2.75) is 25.5 Å². The quantitative estimate of drug-likeness (QED) is 0.434. The van der Waals surface area contributed by atoms with E-state index in [-0.39, 0.29) is 4.75 Å². The third kappa shape index (κ3) is 13.2. The van der Waals surface area contributed by atoms with Crippen LogP contribution in [0.1, 0.15) is 20.8 Å². The average molecular weight is 228 g/mol. The van der Waals surface area contributed by atoms with E-state index < -0.39 is 0 Å². The van der Waals surface area contributed by atoms with Gasteiger partial charge in [-0.1, -0.05) is 25.3 Å². The molecule has 0 saturated heterocycles. The van der Waals surface area contributed by atoms with Crippen molar-refractivity contribution in [3.8, 4) is 0 Å². The molecule has 0 radical (unpaired) electrons.